The molecule has 7 nitrogen and oxygen atoms in total. The lowest BCUT2D eigenvalue weighted by Gasteiger charge is -2.13. The third-order valence-electron chi connectivity index (χ3n) is 10.4. The molecule has 0 spiro atoms. The van der Waals surface area contributed by atoms with Crippen LogP contribution in [0.2, 0.25) is 0 Å². The molecule has 0 unspecified atom stereocenters. The Hall–Kier alpha value is -7.90. The van der Waals surface area contributed by atoms with E-state index in [0.29, 0.717) is 29.0 Å². The Labute approximate surface area is 328 Å². The van der Waals surface area contributed by atoms with E-state index in [-0.39, 0.29) is 0 Å². The molecule has 0 N–H and O–H groups in total. The largest absolute Gasteiger partial charge is 0.294 e. The fourth-order valence-corrected chi connectivity index (χ4v) is 7.77. The summed E-state index contributed by atoms with van der Waals surface area (Å²) in [6, 6.07) is 63.9. The van der Waals surface area contributed by atoms with E-state index in [2.05, 4.69) is 102 Å². The van der Waals surface area contributed by atoms with E-state index >= 15 is 0 Å². The Morgan fingerprint density at radius 1 is 0.281 bits per heavy atom. The van der Waals surface area contributed by atoms with Crippen molar-refractivity contribution < 1.29 is 0 Å². The highest BCUT2D eigenvalue weighted by Gasteiger charge is 2.22. The molecule has 11 rings (SSSR count). The minimum Gasteiger partial charge on any atom is -0.294 e. The first kappa shape index (κ1) is 32.5. The van der Waals surface area contributed by atoms with Crippen LogP contribution in [0.25, 0.3) is 107 Å². The highest BCUT2D eigenvalue weighted by atomic mass is 15.1. The molecule has 7 aromatic carbocycles. The second kappa shape index (κ2) is 13.4. The van der Waals surface area contributed by atoms with Gasteiger partial charge in [-0.2, -0.15) is 0 Å². The first-order valence-electron chi connectivity index (χ1n) is 18.9. The van der Waals surface area contributed by atoms with E-state index in [1.165, 1.54) is 21.5 Å². The molecule has 0 aliphatic carbocycles. The van der Waals surface area contributed by atoms with Crippen molar-refractivity contribution in [2.24, 2.45) is 0 Å². The molecular formula is C50H31N7. The van der Waals surface area contributed by atoms with Gasteiger partial charge in [-0.15, -0.1) is 0 Å². The third-order valence-corrected chi connectivity index (χ3v) is 10.4. The summed E-state index contributed by atoms with van der Waals surface area (Å²) in [4.78, 5) is 31.3. The maximum Gasteiger partial charge on any atom is 0.200 e. The maximum atomic E-state index is 5.33. The summed E-state index contributed by atoms with van der Waals surface area (Å²) in [7, 11) is 0. The molecule has 57 heavy (non-hydrogen) atoms. The van der Waals surface area contributed by atoms with Gasteiger partial charge in [-0.1, -0.05) is 158 Å². The third kappa shape index (κ3) is 5.77. The lowest BCUT2D eigenvalue weighted by Crippen LogP contribution is -2.06. The van der Waals surface area contributed by atoms with E-state index in [0.717, 1.165) is 56.1 Å². The molecule has 0 atom stereocenters. The summed E-state index contributed by atoms with van der Waals surface area (Å²) in [6.45, 7) is 0. The number of hydrogen-bond acceptors (Lipinski definition) is 6. The highest BCUT2D eigenvalue weighted by molar-refractivity contribution is 6.24. The van der Waals surface area contributed by atoms with Crippen LogP contribution in [0.5, 0.6) is 0 Å². The monoisotopic (exact) mass is 729 g/mol. The van der Waals surface area contributed by atoms with E-state index in [1.807, 2.05) is 91.0 Å². The molecule has 0 saturated heterocycles. The van der Waals surface area contributed by atoms with Crippen molar-refractivity contribution in [3.8, 4) is 74.0 Å². The van der Waals surface area contributed by atoms with Crippen LogP contribution >= 0.6 is 0 Å². The Balaban J connectivity index is 1.21. The Bertz CT molecular complexity index is 2890. The lowest BCUT2D eigenvalue weighted by molar-refractivity contribution is 1.01. The number of rotatable bonds is 7. The van der Waals surface area contributed by atoms with Gasteiger partial charge in [-0.3, -0.25) is 4.57 Å². The quantitative estimate of drug-likeness (QED) is 0.152. The molecule has 0 aliphatic heterocycles. The second-order valence-electron chi connectivity index (χ2n) is 14.0. The van der Waals surface area contributed by atoms with Crippen LogP contribution in [0.3, 0.4) is 0 Å². The molecule has 11 aromatic rings. The van der Waals surface area contributed by atoms with E-state index < -0.39 is 0 Å². The predicted molar refractivity (Wildman–Crippen MR) is 229 cm³/mol. The molecule has 0 radical (unpaired) electrons. The zero-order chi connectivity index (χ0) is 37.7. The van der Waals surface area contributed by atoms with Crippen LogP contribution in [0.4, 0.5) is 0 Å². The molecule has 0 bridgehead atoms. The SMILES string of the molecule is c1ccc(-c2cc(-c3ccccc3)nc(-c3cc(-n4c5cccc6ccc7cccc4c7c65)nc(-c4nc(-c5ccccc5)cc(-c5ccccc5)n4)n3)n2)cc1. The molecule has 4 heterocycles. The van der Waals surface area contributed by atoms with Crippen molar-refractivity contribution in [1.29, 1.82) is 0 Å². The minimum atomic E-state index is 0.364. The average Bonchev–Trinajstić information content (AvgIpc) is 3.65. The van der Waals surface area contributed by atoms with Gasteiger partial charge in [0, 0.05) is 39.1 Å². The molecular weight excluding hydrogens is 699 g/mol. The molecule has 266 valence electrons. The zero-order valence-electron chi connectivity index (χ0n) is 30.5. The average molecular weight is 730 g/mol. The minimum absolute atomic E-state index is 0.364. The van der Waals surface area contributed by atoms with Crippen molar-refractivity contribution in [1.82, 2.24) is 34.5 Å². The fraction of sp³-hybridized carbons (Fsp3) is 0. The highest BCUT2D eigenvalue weighted by Crippen LogP contribution is 2.39. The summed E-state index contributed by atoms with van der Waals surface area (Å²) in [5.74, 6) is 1.89. The van der Waals surface area contributed by atoms with Gasteiger partial charge in [0.15, 0.2) is 17.5 Å². The summed E-state index contributed by atoms with van der Waals surface area (Å²) in [5, 5.41) is 4.72. The van der Waals surface area contributed by atoms with Crippen molar-refractivity contribution in [3.63, 3.8) is 0 Å². The number of hydrogen-bond donors (Lipinski definition) is 0. The maximum absolute atomic E-state index is 5.33. The van der Waals surface area contributed by atoms with Crippen LogP contribution in [-0.2, 0) is 0 Å². The molecule has 0 fully saturated rings. The summed E-state index contributed by atoms with van der Waals surface area (Å²) in [6.07, 6.45) is 0. The van der Waals surface area contributed by atoms with E-state index in [1.54, 1.807) is 0 Å². The summed E-state index contributed by atoms with van der Waals surface area (Å²) < 4.78 is 2.22. The van der Waals surface area contributed by atoms with E-state index in [9.17, 15) is 0 Å². The standard InChI is InChI=1S/C50H31N7/c1-5-15-32(16-6-1)38-29-39(33-17-7-2-8-18-33)52-48(51-38)42-31-45(57-43-25-13-23-36-27-28-37-24-14-26-44(57)47(37)46(36)43)56-50(55-42)49-53-40(34-19-9-3-10-20-34)30-41(54-49)35-21-11-4-12-22-35/h1-31H. The number of benzene rings is 7. The molecule has 4 aromatic heterocycles. The van der Waals surface area contributed by atoms with E-state index in [4.69, 9.17) is 29.9 Å². The lowest BCUT2D eigenvalue weighted by atomic mass is 10.0. The van der Waals surface area contributed by atoms with Crippen molar-refractivity contribution in [3.05, 3.63) is 188 Å². The summed E-state index contributed by atoms with van der Waals surface area (Å²) >= 11 is 0. The molecule has 0 aliphatic rings. The Morgan fingerprint density at radius 3 is 1.07 bits per heavy atom. The number of nitrogens with zero attached hydrogens (tertiary/aromatic N) is 7. The molecule has 0 saturated carbocycles. The van der Waals surface area contributed by atoms with Gasteiger partial charge in [0.2, 0.25) is 0 Å². The van der Waals surface area contributed by atoms with Crippen molar-refractivity contribution in [2.45, 2.75) is 0 Å². The van der Waals surface area contributed by atoms with Gasteiger partial charge in [-0.05, 0) is 35.0 Å². The van der Waals surface area contributed by atoms with Gasteiger partial charge in [-0.25, -0.2) is 29.9 Å². The predicted octanol–water partition coefficient (Wildman–Crippen LogP) is 11.7. The molecule has 0 amide bonds. The van der Waals surface area contributed by atoms with Gasteiger partial charge in [0.1, 0.15) is 11.5 Å². The fourth-order valence-electron chi connectivity index (χ4n) is 7.77. The van der Waals surface area contributed by atoms with Crippen LogP contribution in [0.1, 0.15) is 0 Å². The molecule has 7 heteroatoms. The van der Waals surface area contributed by atoms with Crippen LogP contribution in [0, 0.1) is 0 Å². The first-order chi connectivity index (χ1) is 28.2. The van der Waals surface area contributed by atoms with Crippen LogP contribution in [0.15, 0.2) is 188 Å². The normalized spacial score (nSPS) is 11.5. The number of aromatic nitrogens is 7. The topological polar surface area (TPSA) is 82.3 Å². The first-order valence-corrected chi connectivity index (χ1v) is 18.9. The van der Waals surface area contributed by atoms with Crippen LogP contribution < -0.4 is 0 Å². The smallest absolute Gasteiger partial charge is 0.200 e. The van der Waals surface area contributed by atoms with Gasteiger partial charge in [0.25, 0.3) is 0 Å². The van der Waals surface area contributed by atoms with Crippen molar-refractivity contribution in [2.75, 3.05) is 0 Å². The van der Waals surface area contributed by atoms with Crippen LogP contribution in [-0.4, -0.2) is 34.5 Å². The Morgan fingerprint density at radius 2 is 0.649 bits per heavy atom. The second-order valence-corrected chi connectivity index (χ2v) is 14.0. The van der Waals surface area contributed by atoms with Gasteiger partial charge < -0.3 is 0 Å². The van der Waals surface area contributed by atoms with Gasteiger partial charge >= 0.3 is 0 Å². The van der Waals surface area contributed by atoms with Crippen molar-refractivity contribution >= 4 is 32.6 Å². The Kier molecular flexibility index (Phi) is 7.67. The zero-order valence-corrected chi connectivity index (χ0v) is 30.5. The van der Waals surface area contributed by atoms with Gasteiger partial charge in [0.05, 0.1) is 33.8 Å². The summed E-state index contributed by atoms with van der Waals surface area (Å²) in [5.41, 5.74) is 9.65.